The summed E-state index contributed by atoms with van der Waals surface area (Å²) >= 11 is 0. The molecule has 0 saturated carbocycles. The van der Waals surface area contributed by atoms with E-state index >= 15 is 0 Å². The molecule has 0 aliphatic heterocycles. The number of benzene rings is 1. The van der Waals surface area contributed by atoms with Crippen LogP contribution in [0.25, 0.3) is 0 Å². The first-order valence-electron chi connectivity index (χ1n) is 5.56. The van der Waals surface area contributed by atoms with Crippen molar-refractivity contribution in [3.63, 3.8) is 0 Å². The minimum absolute atomic E-state index is 0.0559. The Hall–Kier alpha value is -0.870. The lowest BCUT2D eigenvalue weighted by Crippen LogP contribution is -2.14. The van der Waals surface area contributed by atoms with E-state index in [9.17, 15) is 13.5 Å². The van der Waals surface area contributed by atoms with Gasteiger partial charge in [-0.05, 0) is 16.5 Å². The summed E-state index contributed by atoms with van der Waals surface area (Å²) in [5.74, 6) is -0.234. The molecule has 0 spiro atoms. The standard InChI is InChI=1S/C13H20O3S/c1-13(2,3)11-7-5-10(6-8-11)12(14)9-17(4,15)16/h5-8,12,14H,9H2,1-4H3. The third-order valence-electron chi connectivity index (χ3n) is 2.62. The van der Waals surface area contributed by atoms with Crippen LogP contribution in [0.2, 0.25) is 0 Å². The molecule has 1 unspecified atom stereocenters. The molecule has 3 nitrogen and oxygen atoms in total. The molecule has 1 atom stereocenters. The molecule has 0 aliphatic rings. The average Bonchev–Trinajstić information content (AvgIpc) is 2.14. The first kappa shape index (κ1) is 14.2. The van der Waals surface area contributed by atoms with Gasteiger partial charge in [0.1, 0.15) is 9.84 Å². The van der Waals surface area contributed by atoms with Gasteiger partial charge in [0.05, 0.1) is 11.9 Å². The van der Waals surface area contributed by atoms with Crippen molar-refractivity contribution >= 4 is 9.84 Å². The highest BCUT2D eigenvalue weighted by molar-refractivity contribution is 7.90. The summed E-state index contributed by atoms with van der Waals surface area (Å²) in [5.41, 5.74) is 1.86. The van der Waals surface area contributed by atoms with Gasteiger partial charge in [-0.15, -0.1) is 0 Å². The second-order valence-electron chi connectivity index (χ2n) is 5.48. The van der Waals surface area contributed by atoms with Crippen LogP contribution in [0, 0.1) is 0 Å². The predicted octanol–water partition coefficient (Wildman–Crippen LogP) is 2.06. The van der Waals surface area contributed by atoms with E-state index in [1.807, 2.05) is 12.1 Å². The molecule has 0 saturated heterocycles. The lowest BCUT2D eigenvalue weighted by Gasteiger charge is -2.20. The number of hydrogen-bond acceptors (Lipinski definition) is 3. The van der Waals surface area contributed by atoms with Crippen LogP contribution in [-0.2, 0) is 15.3 Å². The van der Waals surface area contributed by atoms with Crippen molar-refractivity contribution < 1.29 is 13.5 Å². The molecule has 0 heterocycles. The molecule has 1 aromatic rings. The predicted molar refractivity (Wildman–Crippen MR) is 69.8 cm³/mol. The van der Waals surface area contributed by atoms with E-state index in [-0.39, 0.29) is 11.2 Å². The SMILES string of the molecule is CC(C)(C)c1ccc(C(O)CS(C)(=O)=O)cc1. The van der Waals surface area contributed by atoms with E-state index in [1.54, 1.807) is 12.1 Å². The first-order chi connectivity index (χ1) is 7.59. The van der Waals surface area contributed by atoms with Gasteiger partial charge in [0.25, 0.3) is 0 Å². The monoisotopic (exact) mass is 256 g/mol. The summed E-state index contributed by atoms with van der Waals surface area (Å²) in [4.78, 5) is 0. The smallest absolute Gasteiger partial charge is 0.150 e. The highest BCUT2D eigenvalue weighted by Gasteiger charge is 2.17. The maximum absolute atomic E-state index is 11.1. The van der Waals surface area contributed by atoms with Crippen molar-refractivity contribution in [1.82, 2.24) is 0 Å². The normalized spacial score (nSPS) is 14.6. The van der Waals surface area contributed by atoms with E-state index < -0.39 is 15.9 Å². The average molecular weight is 256 g/mol. The lowest BCUT2D eigenvalue weighted by atomic mass is 9.86. The summed E-state index contributed by atoms with van der Waals surface area (Å²) in [6.07, 6.45) is 0.179. The molecule has 1 rings (SSSR count). The Kier molecular flexibility index (Phi) is 3.99. The molecule has 0 radical (unpaired) electrons. The Morgan fingerprint density at radius 2 is 1.65 bits per heavy atom. The van der Waals surface area contributed by atoms with Gasteiger partial charge in [-0.1, -0.05) is 45.0 Å². The maximum Gasteiger partial charge on any atom is 0.150 e. The lowest BCUT2D eigenvalue weighted by molar-refractivity contribution is 0.202. The molecule has 1 aromatic carbocycles. The summed E-state index contributed by atoms with van der Waals surface area (Å²) in [6, 6.07) is 7.44. The number of aliphatic hydroxyl groups excluding tert-OH is 1. The Morgan fingerprint density at radius 3 is 2.00 bits per heavy atom. The molecule has 0 amide bonds. The van der Waals surface area contributed by atoms with Gasteiger partial charge in [-0.2, -0.15) is 0 Å². The Balaban J connectivity index is 2.88. The minimum Gasteiger partial charge on any atom is -0.387 e. The third kappa shape index (κ3) is 4.48. The van der Waals surface area contributed by atoms with Gasteiger partial charge in [0.15, 0.2) is 0 Å². The van der Waals surface area contributed by atoms with Crippen LogP contribution in [0.1, 0.15) is 38.0 Å². The number of hydrogen-bond donors (Lipinski definition) is 1. The summed E-state index contributed by atoms with van der Waals surface area (Å²) in [5, 5.41) is 9.77. The van der Waals surface area contributed by atoms with Crippen LogP contribution in [-0.4, -0.2) is 25.5 Å². The van der Waals surface area contributed by atoms with Crippen molar-refractivity contribution in [1.29, 1.82) is 0 Å². The van der Waals surface area contributed by atoms with E-state index in [4.69, 9.17) is 0 Å². The molecule has 0 aliphatic carbocycles. The Bertz CT molecular complexity index is 466. The summed E-state index contributed by atoms with van der Waals surface area (Å²) < 4.78 is 22.2. The first-order valence-corrected chi connectivity index (χ1v) is 7.62. The van der Waals surface area contributed by atoms with Gasteiger partial charge in [-0.3, -0.25) is 0 Å². The van der Waals surface area contributed by atoms with Crippen molar-refractivity contribution in [3.05, 3.63) is 35.4 Å². The third-order valence-corrected chi connectivity index (χ3v) is 3.54. The fourth-order valence-corrected chi connectivity index (χ4v) is 2.35. The van der Waals surface area contributed by atoms with Crippen molar-refractivity contribution in [2.75, 3.05) is 12.0 Å². The molecular weight excluding hydrogens is 236 g/mol. The summed E-state index contributed by atoms with van der Waals surface area (Å²) in [7, 11) is -3.16. The molecule has 0 aromatic heterocycles. The van der Waals surface area contributed by atoms with Crippen LogP contribution >= 0.6 is 0 Å². The van der Waals surface area contributed by atoms with Crippen LogP contribution < -0.4 is 0 Å². The van der Waals surface area contributed by atoms with Gasteiger partial charge >= 0.3 is 0 Å². The van der Waals surface area contributed by atoms with Gasteiger partial charge in [-0.25, -0.2) is 8.42 Å². The zero-order valence-electron chi connectivity index (χ0n) is 10.8. The highest BCUT2D eigenvalue weighted by Crippen LogP contribution is 2.24. The van der Waals surface area contributed by atoms with E-state index in [1.165, 1.54) is 0 Å². The molecule has 96 valence electrons. The highest BCUT2D eigenvalue weighted by atomic mass is 32.2. The minimum atomic E-state index is -3.16. The van der Waals surface area contributed by atoms with Gasteiger partial charge < -0.3 is 5.11 Å². The molecule has 17 heavy (non-hydrogen) atoms. The fourth-order valence-electron chi connectivity index (χ4n) is 1.59. The summed E-state index contributed by atoms with van der Waals surface area (Å²) in [6.45, 7) is 6.32. The van der Waals surface area contributed by atoms with Gasteiger partial charge in [0.2, 0.25) is 0 Å². The van der Waals surface area contributed by atoms with E-state index in [0.29, 0.717) is 5.56 Å². The largest absolute Gasteiger partial charge is 0.387 e. The Labute approximate surface area is 103 Å². The number of rotatable bonds is 3. The quantitative estimate of drug-likeness (QED) is 0.900. The zero-order chi connectivity index (χ0) is 13.3. The molecule has 1 N–H and O–H groups in total. The van der Waals surface area contributed by atoms with E-state index in [2.05, 4.69) is 20.8 Å². The van der Waals surface area contributed by atoms with E-state index in [0.717, 1.165) is 11.8 Å². The fraction of sp³-hybridized carbons (Fsp3) is 0.538. The van der Waals surface area contributed by atoms with Crippen molar-refractivity contribution in [2.45, 2.75) is 32.3 Å². The van der Waals surface area contributed by atoms with Crippen molar-refractivity contribution in [3.8, 4) is 0 Å². The number of sulfone groups is 1. The molecule has 0 fully saturated rings. The van der Waals surface area contributed by atoms with Gasteiger partial charge in [0, 0.05) is 6.26 Å². The van der Waals surface area contributed by atoms with Crippen LogP contribution in [0.4, 0.5) is 0 Å². The molecule has 4 heteroatoms. The zero-order valence-corrected chi connectivity index (χ0v) is 11.6. The van der Waals surface area contributed by atoms with Crippen LogP contribution in [0.5, 0.6) is 0 Å². The maximum atomic E-state index is 11.1. The number of aliphatic hydroxyl groups is 1. The van der Waals surface area contributed by atoms with Crippen LogP contribution in [0.15, 0.2) is 24.3 Å². The second kappa shape index (κ2) is 4.78. The van der Waals surface area contributed by atoms with Crippen molar-refractivity contribution in [2.24, 2.45) is 0 Å². The Morgan fingerprint density at radius 1 is 1.18 bits per heavy atom. The molecular formula is C13H20O3S. The van der Waals surface area contributed by atoms with Crippen LogP contribution in [0.3, 0.4) is 0 Å². The second-order valence-corrected chi connectivity index (χ2v) is 7.67. The molecule has 0 bridgehead atoms. The topological polar surface area (TPSA) is 54.4 Å².